The Kier molecular flexibility index (Phi) is 4.25. The summed E-state index contributed by atoms with van der Waals surface area (Å²) in [6, 6.07) is 2.55. The van der Waals surface area contributed by atoms with Crippen molar-refractivity contribution in [1.29, 1.82) is 0 Å². The van der Waals surface area contributed by atoms with Gasteiger partial charge in [0, 0.05) is 31.4 Å². The van der Waals surface area contributed by atoms with Crippen LogP contribution in [0.15, 0.2) is 18.5 Å². The molecule has 140 valence electrons. The van der Waals surface area contributed by atoms with Crippen LogP contribution in [0.3, 0.4) is 0 Å². The van der Waals surface area contributed by atoms with E-state index in [1.165, 1.54) is 0 Å². The number of hydrogen-bond donors (Lipinski definition) is 1. The minimum absolute atomic E-state index is 0.159. The lowest BCUT2D eigenvalue weighted by Gasteiger charge is -2.39. The van der Waals surface area contributed by atoms with Crippen molar-refractivity contribution < 1.29 is 9.53 Å². The van der Waals surface area contributed by atoms with Crippen LogP contribution in [0.4, 0.5) is 10.6 Å². The van der Waals surface area contributed by atoms with Gasteiger partial charge in [-0.2, -0.15) is 5.10 Å². The third kappa shape index (κ3) is 3.48. The Labute approximate surface area is 153 Å². The first-order chi connectivity index (χ1) is 12.4. The first kappa shape index (κ1) is 17.1. The minimum atomic E-state index is -0.453. The molecule has 0 atom stereocenters. The fourth-order valence-electron chi connectivity index (χ4n) is 3.72. The molecule has 1 amide bonds. The highest BCUT2D eigenvalue weighted by Crippen LogP contribution is 2.34. The van der Waals surface area contributed by atoms with Crippen molar-refractivity contribution in [2.45, 2.75) is 64.1 Å². The summed E-state index contributed by atoms with van der Waals surface area (Å²) in [4.78, 5) is 21.6. The Bertz CT molecular complexity index is 785. The number of aromatic amines is 1. The summed E-state index contributed by atoms with van der Waals surface area (Å²) < 4.78 is 5.66. The summed E-state index contributed by atoms with van der Waals surface area (Å²) in [5, 5.41) is 8.18. The second kappa shape index (κ2) is 6.45. The maximum absolute atomic E-state index is 12.7. The first-order valence-corrected chi connectivity index (χ1v) is 9.47. The lowest BCUT2D eigenvalue weighted by Crippen LogP contribution is -2.50. The van der Waals surface area contributed by atoms with E-state index in [1.807, 2.05) is 44.1 Å². The molecule has 1 saturated carbocycles. The van der Waals surface area contributed by atoms with Gasteiger partial charge in [0.25, 0.3) is 0 Å². The van der Waals surface area contributed by atoms with Crippen molar-refractivity contribution >= 4 is 22.8 Å². The van der Waals surface area contributed by atoms with Gasteiger partial charge in [0.2, 0.25) is 0 Å². The van der Waals surface area contributed by atoms with Crippen LogP contribution < -0.4 is 4.90 Å². The van der Waals surface area contributed by atoms with Crippen LogP contribution in [-0.2, 0) is 4.74 Å². The van der Waals surface area contributed by atoms with Crippen LogP contribution in [0.2, 0.25) is 0 Å². The zero-order valence-corrected chi connectivity index (χ0v) is 15.7. The summed E-state index contributed by atoms with van der Waals surface area (Å²) in [6.45, 7) is 7.55. The number of ether oxygens (including phenoxy) is 1. The van der Waals surface area contributed by atoms with Crippen LogP contribution in [0.5, 0.6) is 0 Å². The van der Waals surface area contributed by atoms with Gasteiger partial charge in [0.15, 0.2) is 0 Å². The van der Waals surface area contributed by atoms with Gasteiger partial charge in [-0.15, -0.1) is 0 Å². The Balaban J connectivity index is 1.45. The molecule has 26 heavy (non-hydrogen) atoms. The largest absolute Gasteiger partial charge is 0.444 e. The molecule has 1 aliphatic carbocycles. The van der Waals surface area contributed by atoms with E-state index in [0.29, 0.717) is 6.04 Å². The summed E-state index contributed by atoms with van der Waals surface area (Å²) in [5.74, 6) is 0.977. The Morgan fingerprint density at radius 2 is 1.92 bits per heavy atom. The average molecular weight is 357 g/mol. The van der Waals surface area contributed by atoms with E-state index in [1.54, 1.807) is 0 Å². The molecule has 7 nitrogen and oxygen atoms in total. The SMILES string of the molecule is CC(C)(C)OC(=O)N(C1CC1)C1CCN(c2nccc3[nH]ncc23)CC1. The number of amides is 1. The summed E-state index contributed by atoms with van der Waals surface area (Å²) in [5.41, 5.74) is 0.552. The second-order valence-corrected chi connectivity index (χ2v) is 8.30. The summed E-state index contributed by atoms with van der Waals surface area (Å²) >= 11 is 0. The quantitative estimate of drug-likeness (QED) is 0.912. The Morgan fingerprint density at radius 3 is 2.58 bits per heavy atom. The number of nitrogens with one attached hydrogen (secondary N) is 1. The third-order valence-corrected chi connectivity index (χ3v) is 5.05. The van der Waals surface area contributed by atoms with E-state index >= 15 is 0 Å². The average Bonchev–Trinajstić information content (AvgIpc) is 3.29. The molecular weight excluding hydrogens is 330 g/mol. The summed E-state index contributed by atoms with van der Waals surface area (Å²) in [6.07, 6.45) is 7.55. The number of aromatic nitrogens is 3. The van der Waals surface area contributed by atoms with Gasteiger partial charge < -0.3 is 14.5 Å². The highest BCUT2D eigenvalue weighted by atomic mass is 16.6. The standard InChI is InChI=1S/C19H27N5O2/c1-19(2,3)26-18(25)24(13-4-5-13)14-7-10-23(11-8-14)17-15-12-21-22-16(15)6-9-20-17/h6,9,12-14H,4-5,7-8,10-11H2,1-3H3,(H,21,22). The van der Waals surface area contributed by atoms with Crippen molar-refractivity contribution in [2.24, 2.45) is 0 Å². The van der Waals surface area contributed by atoms with Gasteiger partial charge in [0.05, 0.1) is 17.1 Å². The number of rotatable bonds is 3. The topological polar surface area (TPSA) is 74.3 Å². The number of pyridine rings is 1. The molecule has 4 rings (SSSR count). The van der Waals surface area contributed by atoms with Crippen molar-refractivity contribution in [1.82, 2.24) is 20.1 Å². The normalized spacial score (nSPS) is 19.0. The van der Waals surface area contributed by atoms with Gasteiger partial charge in [-0.25, -0.2) is 9.78 Å². The monoisotopic (exact) mass is 357 g/mol. The molecule has 0 aromatic carbocycles. The number of anilines is 1. The molecule has 0 unspecified atom stereocenters. The maximum atomic E-state index is 12.7. The minimum Gasteiger partial charge on any atom is -0.444 e. The van der Waals surface area contributed by atoms with Gasteiger partial charge in [0.1, 0.15) is 11.4 Å². The third-order valence-electron chi connectivity index (χ3n) is 5.05. The molecule has 1 saturated heterocycles. The number of nitrogens with zero attached hydrogens (tertiary/aromatic N) is 4. The fraction of sp³-hybridized carbons (Fsp3) is 0.632. The Hall–Kier alpha value is -2.31. The lowest BCUT2D eigenvalue weighted by molar-refractivity contribution is 0.0114. The number of H-pyrrole nitrogens is 1. The van der Waals surface area contributed by atoms with E-state index in [0.717, 1.165) is 55.5 Å². The van der Waals surface area contributed by atoms with Crippen LogP contribution in [-0.4, -0.2) is 56.9 Å². The summed E-state index contributed by atoms with van der Waals surface area (Å²) in [7, 11) is 0. The predicted molar refractivity (Wildman–Crippen MR) is 100 cm³/mol. The van der Waals surface area contributed by atoms with Crippen LogP contribution in [0, 0.1) is 0 Å². The van der Waals surface area contributed by atoms with Gasteiger partial charge in [-0.3, -0.25) is 5.10 Å². The molecule has 2 aromatic rings. The van der Waals surface area contributed by atoms with E-state index in [-0.39, 0.29) is 12.1 Å². The number of hydrogen-bond acceptors (Lipinski definition) is 5. The van der Waals surface area contributed by atoms with Crippen molar-refractivity contribution in [2.75, 3.05) is 18.0 Å². The molecule has 0 spiro atoms. The molecule has 2 aromatic heterocycles. The lowest BCUT2D eigenvalue weighted by atomic mass is 10.0. The molecular formula is C19H27N5O2. The molecule has 1 aliphatic heterocycles. The van der Waals surface area contributed by atoms with Crippen LogP contribution >= 0.6 is 0 Å². The smallest absolute Gasteiger partial charge is 0.410 e. The van der Waals surface area contributed by atoms with Crippen LogP contribution in [0.1, 0.15) is 46.5 Å². The predicted octanol–water partition coefficient (Wildman–Crippen LogP) is 3.33. The van der Waals surface area contributed by atoms with Gasteiger partial charge in [-0.1, -0.05) is 0 Å². The van der Waals surface area contributed by atoms with E-state index in [9.17, 15) is 4.79 Å². The van der Waals surface area contributed by atoms with E-state index < -0.39 is 5.60 Å². The zero-order chi connectivity index (χ0) is 18.3. The van der Waals surface area contributed by atoms with Crippen LogP contribution in [0.25, 0.3) is 10.9 Å². The fourth-order valence-corrected chi connectivity index (χ4v) is 3.72. The highest BCUT2D eigenvalue weighted by Gasteiger charge is 2.40. The highest BCUT2D eigenvalue weighted by molar-refractivity contribution is 5.88. The van der Waals surface area contributed by atoms with Gasteiger partial charge in [-0.05, 0) is 52.5 Å². The second-order valence-electron chi connectivity index (χ2n) is 8.30. The molecule has 7 heteroatoms. The van der Waals surface area contributed by atoms with Gasteiger partial charge >= 0.3 is 6.09 Å². The molecule has 3 heterocycles. The Morgan fingerprint density at radius 1 is 1.23 bits per heavy atom. The number of carbonyl (C=O) groups excluding carboxylic acids is 1. The number of fused-ring (bicyclic) bond motifs is 1. The van der Waals surface area contributed by atoms with Crippen molar-refractivity contribution in [3.05, 3.63) is 18.5 Å². The number of carbonyl (C=O) groups is 1. The first-order valence-electron chi connectivity index (χ1n) is 9.47. The van der Waals surface area contributed by atoms with Crippen molar-refractivity contribution in [3.63, 3.8) is 0 Å². The maximum Gasteiger partial charge on any atom is 0.410 e. The zero-order valence-electron chi connectivity index (χ0n) is 15.7. The van der Waals surface area contributed by atoms with E-state index in [4.69, 9.17) is 4.74 Å². The molecule has 2 fully saturated rings. The van der Waals surface area contributed by atoms with Crippen molar-refractivity contribution in [3.8, 4) is 0 Å². The number of piperidine rings is 1. The molecule has 2 aliphatic rings. The molecule has 0 radical (unpaired) electrons. The molecule has 0 bridgehead atoms. The molecule has 1 N–H and O–H groups in total. The van der Waals surface area contributed by atoms with E-state index in [2.05, 4.69) is 20.1 Å².